The minimum atomic E-state index is 0.532. The van der Waals surface area contributed by atoms with Gasteiger partial charge in [0.1, 0.15) is 11.5 Å². The van der Waals surface area contributed by atoms with E-state index in [9.17, 15) is 0 Å². The lowest BCUT2D eigenvalue weighted by Gasteiger charge is -2.25. The van der Waals surface area contributed by atoms with Gasteiger partial charge in [-0.15, -0.1) is 0 Å². The molecule has 0 saturated heterocycles. The van der Waals surface area contributed by atoms with Crippen molar-refractivity contribution in [2.75, 3.05) is 6.54 Å². The van der Waals surface area contributed by atoms with Crippen LogP contribution in [0, 0.1) is 5.92 Å². The SMILES string of the molecule is CCc1ccc(/C=C(/CNC(C)C)C2CCCCC2)o1. The second kappa shape index (κ2) is 7.68. The molecule has 1 aromatic rings. The van der Waals surface area contributed by atoms with Crippen molar-refractivity contribution in [3.05, 3.63) is 29.2 Å². The van der Waals surface area contributed by atoms with Crippen LogP contribution in [0.5, 0.6) is 0 Å². The van der Waals surface area contributed by atoms with E-state index in [0.717, 1.165) is 30.4 Å². The zero-order valence-electron chi connectivity index (χ0n) is 13.2. The van der Waals surface area contributed by atoms with Crippen LogP contribution < -0.4 is 5.32 Å². The summed E-state index contributed by atoms with van der Waals surface area (Å²) in [5.41, 5.74) is 1.52. The summed E-state index contributed by atoms with van der Waals surface area (Å²) in [6.45, 7) is 7.54. The normalized spacial score (nSPS) is 17.9. The molecule has 2 heteroatoms. The van der Waals surface area contributed by atoms with Gasteiger partial charge >= 0.3 is 0 Å². The summed E-state index contributed by atoms with van der Waals surface area (Å²) in [5.74, 6) is 2.84. The fourth-order valence-electron chi connectivity index (χ4n) is 2.95. The number of hydrogen-bond acceptors (Lipinski definition) is 2. The van der Waals surface area contributed by atoms with E-state index in [2.05, 4.69) is 44.3 Å². The molecule has 1 saturated carbocycles. The number of rotatable bonds is 6. The molecule has 1 aliphatic carbocycles. The first-order chi connectivity index (χ1) is 9.69. The highest BCUT2D eigenvalue weighted by Gasteiger charge is 2.18. The molecule has 1 fully saturated rings. The molecule has 112 valence electrons. The lowest BCUT2D eigenvalue weighted by Crippen LogP contribution is -2.27. The van der Waals surface area contributed by atoms with Crippen molar-refractivity contribution in [2.45, 2.75) is 65.3 Å². The molecule has 0 radical (unpaired) electrons. The molecule has 20 heavy (non-hydrogen) atoms. The van der Waals surface area contributed by atoms with Crippen LogP contribution in [0.2, 0.25) is 0 Å². The Morgan fingerprint density at radius 3 is 2.65 bits per heavy atom. The maximum Gasteiger partial charge on any atom is 0.127 e. The molecule has 2 nitrogen and oxygen atoms in total. The maximum atomic E-state index is 5.86. The molecule has 1 aromatic heterocycles. The Hall–Kier alpha value is -1.02. The Balaban J connectivity index is 2.10. The number of nitrogens with one attached hydrogen (secondary N) is 1. The second-order valence-electron chi connectivity index (χ2n) is 6.25. The van der Waals surface area contributed by atoms with Gasteiger partial charge in [-0.25, -0.2) is 0 Å². The molecule has 1 N–H and O–H groups in total. The quantitative estimate of drug-likeness (QED) is 0.806. The van der Waals surface area contributed by atoms with Crippen LogP contribution in [0.3, 0.4) is 0 Å². The second-order valence-corrected chi connectivity index (χ2v) is 6.25. The van der Waals surface area contributed by atoms with E-state index in [1.807, 2.05) is 0 Å². The van der Waals surface area contributed by atoms with Gasteiger partial charge in [0.05, 0.1) is 0 Å². The van der Waals surface area contributed by atoms with Crippen molar-refractivity contribution < 1.29 is 4.42 Å². The first kappa shape index (κ1) is 15.4. The fourth-order valence-corrected chi connectivity index (χ4v) is 2.95. The maximum absolute atomic E-state index is 5.86. The molecule has 0 atom stereocenters. The zero-order valence-corrected chi connectivity index (χ0v) is 13.2. The highest BCUT2D eigenvalue weighted by Crippen LogP contribution is 2.31. The van der Waals surface area contributed by atoms with Gasteiger partial charge in [-0.2, -0.15) is 0 Å². The van der Waals surface area contributed by atoms with Crippen LogP contribution in [0.25, 0.3) is 6.08 Å². The van der Waals surface area contributed by atoms with Gasteiger partial charge in [0.25, 0.3) is 0 Å². The molecule has 0 aromatic carbocycles. The molecule has 0 bridgehead atoms. The Morgan fingerprint density at radius 1 is 1.30 bits per heavy atom. The molecule has 1 heterocycles. The molecule has 0 unspecified atom stereocenters. The average Bonchev–Trinajstić information content (AvgIpc) is 2.92. The van der Waals surface area contributed by atoms with Crippen molar-refractivity contribution in [3.8, 4) is 0 Å². The Kier molecular flexibility index (Phi) is 5.90. The van der Waals surface area contributed by atoms with Crippen LogP contribution in [0.4, 0.5) is 0 Å². The van der Waals surface area contributed by atoms with E-state index in [1.54, 1.807) is 0 Å². The van der Waals surface area contributed by atoms with Gasteiger partial charge in [0, 0.05) is 19.0 Å². The highest BCUT2D eigenvalue weighted by molar-refractivity contribution is 5.49. The Labute approximate surface area is 123 Å². The smallest absolute Gasteiger partial charge is 0.127 e. The standard InChI is InChI=1S/C18H29NO/c1-4-17-10-11-18(20-17)12-16(13-19-14(2)3)15-8-6-5-7-9-15/h10-12,14-15,19H,4-9,13H2,1-3H3/b16-12-. The van der Waals surface area contributed by atoms with Crippen molar-refractivity contribution >= 4 is 6.08 Å². The van der Waals surface area contributed by atoms with Crippen molar-refractivity contribution in [2.24, 2.45) is 5.92 Å². The predicted molar refractivity (Wildman–Crippen MR) is 85.8 cm³/mol. The number of furan rings is 1. The average molecular weight is 275 g/mol. The minimum absolute atomic E-state index is 0.532. The minimum Gasteiger partial charge on any atom is -0.462 e. The zero-order chi connectivity index (χ0) is 14.4. The van der Waals surface area contributed by atoms with Crippen LogP contribution in [0.1, 0.15) is 64.4 Å². The molecule has 0 spiro atoms. The summed E-state index contributed by atoms with van der Waals surface area (Å²) in [5, 5.41) is 3.57. The van der Waals surface area contributed by atoms with E-state index >= 15 is 0 Å². The largest absolute Gasteiger partial charge is 0.462 e. The predicted octanol–water partition coefficient (Wildman–Crippen LogP) is 4.80. The lowest BCUT2D eigenvalue weighted by atomic mass is 9.83. The van der Waals surface area contributed by atoms with Gasteiger partial charge in [0.15, 0.2) is 0 Å². The molecule has 1 aliphatic rings. The van der Waals surface area contributed by atoms with E-state index in [-0.39, 0.29) is 0 Å². The van der Waals surface area contributed by atoms with Crippen molar-refractivity contribution in [3.63, 3.8) is 0 Å². The van der Waals surface area contributed by atoms with E-state index in [0.29, 0.717) is 6.04 Å². The van der Waals surface area contributed by atoms with Crippen molar-refractivity contribution in [1.29, 1.82) is 0 Å². The molecular weight excluding hydrogens is 246 g/mol. The first-order valence-electron chi connectivity index (χ1n) is 8.21. The lowest BCUT2D eigenvalue weighted by molar-refractivity contribution is 0.393. The number of hydrogen-bond donors (Lipinski definition) is 1. The third-order valence-electron chi connectivity index (χ3n) is 4.20. The van der Waals surface area contributed by atoms with Gasteiger partial charge in [-0.05, 0) is 42.5 Å². The van der Waals surface area contributed by atoms with Crippen LogP contribution >= 0.6 is 0 Å². The summed E-state index contributed by atoms with van der Waals surface area (Å²) in [4.78, 5) is 0. The van der Waals surface area contributed by atoms with Crippen molar-refractivity contribution in [1.82, 2.24) is 5.32 Å². The van der Waals surface area contributed by atoms with E-state index < -0.39 is 0 Å². The van der Waals surface area contributed by atoms with Crippen LogP contribution in [0.15, 0.2) is 22.1 Å². The highest BCUT2D eigenvalue weighted by atomic mass is 16.3. The van der Waals surface area contributed by atoms with Crippen LogP contribution in [-0.2, 0) is 6.42 Å². The van der Waals surface area contributed by atoms with E-state index in [4.69, 9.17) is 4.42 Å². The topological polar surface area (TPSA) is 25.2 Å². The summed E-state index contributed by atoms with van der Waals surface area (Å²) in [7, 11) is 0. The van der Waals surface area contributed by atoms with Gasteiger partial charge in [-0.3, -0.25) is 0 Å². The molecular formula is C18H29NO. The third kappa shape index (κ3) is 4.52. The monoisotopic (exact) mass is 275 g/mol. The Morgan fingerprint density at radius 2 is 2.05 bits per heavy atom. The fraction of sp³-hybridized carbons (Fsp3) is 0.667. The van der Waals surface area contributed by atoms with Gasteiger partial charge in [-0.1, -0.05) is 40.0 Å². The molecule has 0 amide bonds. The summed E-state index contributed by atoms with van der Waals surface area (Å²) < 4.78 is 5.86. The summed E-state index contributed by atoms with van der Waals surface area (Å²) in [6, 6.07) is 4.74. The van der Waals surface area contributed by atoms with Gasteiger partial charge in [0.2, 0.25) is 0 Å². The summed E-state index contributed by atoms with van der Waals surface area (Å²) in [6.07, 6.45) is 10.1. The molecule has 2 rings (SSSR count). The molecule has 0 aliphatic heterocycles. The van der Waals surface area contributed by atoms with Gasteiger partial charge < -0.3 is 9.73 Å². The first-order valence-corrected chi connectivity index (χ1v) is 8.21. The third-order valence-corrected chi connectivity index (χ3v) is 4.20. The summed E-state index contributed by atoms with van der Waals surface area (Å²) >= 11 is 0. The van der Waals surface area contributed by atoms with E-state index in [1.165, 1.54) is 37.7 Å². The number of aryl methyl sites for hydroxylation is 1. The Bertz CT molecular complexity index is 424. The van der Waals surface area contributed by atoms with Crippen LogP contribution in [-0.4, -0.2) is 12.6 Å².